The Morgan fingerprint density at radius 2 is 1.67 bits per heavy atom. The number of carbonyl (C=O) groups is 1. The van der Waals surface area contributed by atoms with Crippen molar-refractivity contribution in [1.82, 2.24) is 10.2 Å². The van der Waals surface area contributed by atoms with Crippen molar-refractivity contribution in [2.75, 3.05) is 21.3 Å². The molecule has 0 spiro atoms. The van der Waals surface area contributed by atoms with Gasteiger partial charge < -0.3 is 14.2 Å². The molecule has 0 aliphatic heterocycles. The highest BCUT2D eigenvalue weighted by atomic mass is 16.5. The Bertz CT molecular complexity index is 598. The van der Waals surface area contributed by atoms with E-state index in [9.17, 15) is 4.79 Å². The van der Waals surface area contributed by atoms with Crippen molar-refractivity contribution in [3.05, 3.63) is 23.9 Å². The van der Waals surface area contributed by atoms with Crippen LogP contribution in [0.3, 0.4) is 0 Å². The van der Waals surface area contributed by atoms with E-state index < -0.39 is 5.97 Å². The molecule has 0 amide bonds. The average Bonchev–Trinajstić information content (AvgIpc) is 2.44. The van der Waals surface area contributed by atoms with Crippen LogP contribution >= 0.6 is 0 Å². The number of nitrogens with zero attached hydrogens (tertiary/aromatic N) is 2. The third-order valence-corrected chi connectivity index (χ3v) is 2.49. The quantitative estimate of drug-likeness (QED) is 0.765. The third kappa shape index (κ3) is 2.04. The van der Waals surface area contributed by atoms with Crippen LogP contribution in [-0.2, 0) is 4.74 Å². The molecular formula is C12H12N2O4. The lowest BCUT2D eigenvalue weighted by molar-refractivity contribution is 0.0593. The van der Waals surface area contributed by atoms with E-state index in [1.807, 2.05) is 0 Å². The molecule has 0 saturated heterocycles. The third-order valence-electron chi connectivity index (χ3n) is 2.49. The summed E-state index contributed by atoms with van der Waals surface area (Å²) < 4.78 is 14.9. The summed E-state index contributed by atoms with van der Waals surface area (Å²) in [6, 6.07) is 5.02. The van der Waals surface area contributed by atoms with Gasteiger partial charge in [-0.15, -0.1) is 10.2 Å². The highest BCUT2D eigenvalue weighted by molar-refractivity contribution is 5.92. The Kier molecular flexibility index (Phi) is 3.27. The number of hydrogen-bond donors (Lipinski definition) is 0. The number of fused-ring (bicyclic) bond motifs is 1. The molecule has 6 nitrogen and oxygen atoms in total. The summed E-state index contributed by atoms with van der Waals surface area (Å²) in [5, 5.41) is 8.46. The van der Waals surface area contributed by atoms with Crippen molar-refractivity contribution < 1.29 is 19.0 Å². The summed E-state index contributed by atoms with van der Waals surface area (Å²) in [5.41, 5.74) is 0.762. The smallest absolute Gasteiger partial charge is 0.358 e. The van der Waals surface area contributed by atoms with Crippen LogP contribution in [0.4, 0.5) is 0 Å². The summed E-state index contributed by atoms with van der Waals surface area (Å²) in [6.45, 7) is 0. The fraction of sp³-hybridized carbons (Fsp3) is 0.250. The lowest BCUT2D eigenvalue weighted by Crippen LogP contribution is -2.05. The molecule has 2 rings (SSSR count). The molecule has 94 valence electrons. The van der Waals surface area contributed by atoms with Crippen molar-refractivity contribution >= 4 is 16.9 Å². The van der Waals surface area contributed by atoms with Crippen LogP contribution in [0.2, 0.25) is 0 Å². The molecule has 0 N–H and O–H groups in total. The monoisotopic (exact) mass is 248 g/mol. The molecule has 0 atom stereocenters. The molecule has 1 aromatic carbocycles. The summed E-state index contributed by atoms with van der Waals surface area (Å²) >= 11 is 0. The first-order valence-electron chi connectivity index (χ1n) is 5.17. The van der Waals surface area contributed by atoms with Crippen molar-refractivity contribution in [1.29, 1.82) is 0 Å². The molecule has 0 saturated carbocycles. The van der Waals surface area contributed by atoms with Crippen LogP contribution in [0.1, 0.15) is 10.5 Å². The van der Waals surface area contributed by atoms with E-state index in [0.29, 0.717) is 17.0 Å². The molecule has 0 aliphatic carbocycles. The molecular weight excluding hydrogens is 236 g/mol. The SMILES string of the molecule is COC(=O)c1cc2cc(OC)c(OC)cc2nn1. The van der Waals surface area contributed by atoms with E-state index in [1.54, 1.807) is 32.4 Å². The van der Waals surface area contributed by atoms with Crippen LogP contribution in [0, 0.1) is 0 Å². The van der Waals surface area contributed by atoms with Gasteiger partial charge in [-0.2, -0.15) is 0 Å². The second-order valence-electron chi connectivity index (χ2n) is 3.49. The van der Waals surface area contributed by atoms with Crippen molar-refractivity contribution in [3.63, 3.8) is 0 Å². The summed E-state index contributed by atoms with van der Waals surface area (Å²) in [6.07, 6.45) is 0. The molecule has 0 bridgehead atoms. The molecule has 1 heterocycles. The molecule has 0 aliphatic rings. The summed E-state index contributed by atoms with van der Waals surface area (Å²) in [7, 11) is 4.38. The molecule has 0 radical (unpaired) electrons. The summed E-state index contributed by atoms with van der Waals surface area (Å²) in [5.74, 6) is 0.595. The van der Waals surface area contributed by atoms with Crippen molar-refractivity contribution in [3.8, 4) is 11.5 Å². The van der Waals surface area contributed by atoms with Gasteiger partial charge in [-0.25, -0.2) is 4.79 Å². The van der Waals surface area contributed by atoms with Gasteiger partial charge in [0.1, 0.15) is 0 Å². The van der Waals surface area contributed by atoms with Gasteiger partial charge in [-0.05, 0) is 12.1 Å². The van der Waals surface area contributed by atoms with Crippen LogP contribution in [0.5, 0.6) is 11.5 Å². The van der Waals surface area contributed by atoms with Crippen LogP contribution < -0.4 is 9.47 Å². The maximum Gasteiger partial charge on any atom is 0.358 e. The Balaban J connectivity index is 2.59. The summed E-state index contributed by atoms with van der Waals surface area (Å²) in [4.78, 5) is 11.4. The minimum absolute atomic E-state index is 0.150. The number of benzene rings is 1. The molecule has 0 unspecified atom stereocenters. The van der Waals surface area contributed by atoms with Gasteiger partial charge in [0.05, 0.1) is 26.8 Å². The lowest BCUT2D eigenvalue weighted by Gasteiger charge is -2.08. The number of aromatic nitrogens is 2. The molecule has 18 heavy (non-hydrogen) atoms. The largest absolute Gasteiger partial charge is 0.493 e. The number of ether oxygens (including phenoxy) is 3. The van der Waals surface area contributed by atoms with Gasteiger partial charge in [0.2, 0.25) is 0 Å². The minimum atomic E-state index is -0.529. The number of esters is 1. The Labute approximate surface area is 103 Å². The Morgan fingerprint density at radius 3 is 2.28 bits per heavy atom. The van der Waals surface area contributed by atoms with Crippen molar-refractivity contribution in [2.24, 2.45) is 0 Å². The second kappa shape index (κ2) is 4.87. The first-order valence-corrected chi connectivity index (χ1v) is 5.17. The lowest BCUT2D eigenvalue weighted by atomic mass is 10.2. The second-order valence-corrected chi connectivity index (χ2v) is 3.49. The molecule has 1 aromatic heterocycles. The first kappa shape index (κ1) is 12.1. The average molecular weight is 248 g/mol. The highest BCUT2D eigenvalue weighted by Gasteiger charge is 2.12. The standard InChI is InChI=1S/C12H12N2O4/c1-16-10-5-7-4-9(12(15)18-3)14-13-8(7)6-11(10)17-2/h4-6H,1-3H3. The fourth-order valence-corrected chi connectivity index (χ4v) is 1.57. The molecule has 2 aromatic rings. The topological polar surface area (TPSA) is 70.5 Å². The number of methoxy groups -OCH3 is 3. The van der Waals surface area contributed by atoms with E-state index >= 15 is 0 Å². The molecule has 6 heteroatoms. The van der Waals surface area contributed by atoms with E-state index in [-0.39, 0.29) is 5.69 Å². The highest BCUT2D eigenvalue weighted by Crippen LogP contribution is 2.31. The van der Waals surface area contributed by atoms with Crippen LogP contribution in [0.25, 0.3) is 10.9 Å². The minimum Gasteiger partial charge on any atom is -0.493 e. The predicted octanol–water partition coefficient (Wildman–Crippen LogP) is 1.43. The Morgan fingerprint density at radius 1 is 1.00 bits per heavy atom. The van der Waals surface area contributed by atoms with E-state index in [2.05, 4.69) is 14.9 Å². The number of hydrogen-bond acceptors (Lipinski definition) is 6. The Hall–Kier alpha value is -2.37. The normalized spacial score (nSPS) is 10.2. The first-order chi connectivity index (χ1) is 8.69. The van der Waals surface area contributed by atoms with E-state index in [4.69, 9.17) is 9.47 Å². The zero-order valence-electron chi connectivity index (χ0n) is 10.3. The zero-order valence-corrected chi connectivity index (χ0v) is 10.3. The number of rotatable bonds is 3. The fourth-order valence-electron chi connectivity index (χ4n) is 1.57. The predicted molar refractivity (Wildman–Crippen MR) is 64.0 cm³/mol. The van der Waals surface area contributed by atoms with E-state index in [0.717, 1.165) is 5.39 Å². The van der Waals surface area contributed by atoms with Gasteiger partial charge in [-0.1, -0.05) is 0 Å². The molecule has 0 fully saturated rings. The van der Waals surface area contributed by atoms with Crippen molar-refractivity contribution in [2.45, 2.75) is 0 Å². The van der Waals surface area contributed by atoms with Crippen LogP contribution in [-0.4, -0.2) is 37.5 Å². The van der Waals surface area contributed by atoms with E-state index in [1.165, 1.54) is 7.11 Å². The van der Waals surface area contributed by atoms with Gasteiger partial charge in [-0.3, -0.25) is 0 Å². The maximum atomic E-state index is 11.4. The number of carbonyl (C=O) groups excluding carboxylic acids is 1. The van der Waals surface area contributed by atoms with Gasteiger partial charge in [0.15, 0.2) is 17.2 Å². The maximum absolute atomic E-state index is 11.4. The van der Waals surface area contributed by atoms with Crippen LogP contribution in [0.15, 0.2) is 18.2 Å². The van der Waals surface area contributed by atoms with Gasteiger partial charge in [0, 0.05) is 11.5 Å². The van der Waals surface area contributed by atoms with Gasteiger partial charge in [0.25, 0.3) is 0 Å². The van der Waals surface area contributed by atoms with Gasteiger partial charge >= 0.3 is 5.97 Å². The zero-order chi connectivity index (χ0) is 13.1.